The molecular formula is C31H32N2O5. The smallest absolute Gasteiger partial charge is 0.331 e. The van der Waals surface area contributed by atoms with Crippen molar-refractivity contribution in [2.75, 3.05) is 13.2 Å². The Balaban J connectivity index is 1.48. The van der Waals surface area contributed by atoms with Crippen LogP contribution >= 0.6 is 0 Å². The Morgan fingerprint density at radius 3 is 2.34 bits per heavy atom. The molecule has 38 heavy (non-hydrogen) atoms. The minimum Gasteiger partial charge on any atom is -0.491 e. The van der Waals surface area contributed by atoms with E-state index in [1.54, 1.807) is 6.92 Å². The molecule has 7 nitrogen and oxygen atoms in total. The number of aryl methyl sites for hydroxylation is 2. The molecule has 4 aromatic rings. The molecule has 0 radical (unpaired) electrons. The van der Waals surface area contributed by atoms with Crippen molar-refractivity contribution in [1.82, 2.24) is 4.57 Å². The lowest BCUT2D eigenvalue weighted by Gasteiger charge is -2.13. The minimum absolute atomic E-state index is 0.0313. The van der Waals surface area contributed by atoms with E-state index in [4.69, 9.17) is 14.3 Å². The Labute approximate surface area is 222 Å². The Kier molecular flexibility index (Phi) is 7.29. The number of aromatic nitrogens is 1. The Hall–Kier alpha value is -3.97. The molecule has 1 fully saturated rings. The van der Waals surface area contributed by atoms with Gasteiger partial charge in [-0.05, 0) is 93.3 Å². The molecular weight excluding hydrogens is 480 g/mol. The molecule has 1 aliphatic heterocycles. The standard InChI is InChI=1S/C31H32N2O5/c1-5-33-29-12-8-22(20(3)32-38-21(4)34)16-27(29)28-17-23(9-13-30(28)33)31(35)26-11-10-24(15-19(26)2)37-18-25-7-6-14-36-25/h8-13,15-17,25H,5-7,14,18H2,1-4H3/b32-20-. The summed E-state index contributed by atoms with van der Waals surface area (Å²) in [5.74, 6) is 0.249. The van der Waals surface area contributed by atoms with Crippen LogP contribution in [0.4, 0.5) is 0 Å². The Morgan fingerprint density at radius 2 is 1.71 bits per heavy atom. The van der Waals surface area contributed by atoms with E-state index in [-0.39, 0.29) is 11.9 Å². The van der Waals surface area contributed by atoms with Crippen LogP contribution < -0.4 is 4.74 Å². The molecule has 0 amide bonds. The first kappa shape index (κ1) is 25.7. The molecule has 1 unspecified atom stereocenters. The quantitative estimate of drug-likeness (QED) is 0.122. The van der Waals surface area contributed by atoms with Crippen LogP contribution in [0.25, 0.3) is 21.8 Å². The normalized spacial score (nSPS) is 15.8. The fraction of sp³-hybridized carbons (Fsp3) is 0.323. The molecule has 0 bridgehead atoms. The highest BCUT2D eigenvalue weighted by Crippen LogP contribution is 2.32. The van der Waals surface area contributed by atoms with Crippen LogP contribution in [0, 0.1) is 6.92 Å². The van der Waals surface area contributed by atoms with Gasteiger partial charge in [-0.3, -0.25) is 4.79 Å². The molecule has 5 rings (SSSR count). The Morgan fingerprint density at radius 1 is 1.00 bits per heavy atom. The van der Waals surface area contributed by atoms with Crippen molar-refractivity contribution in [3.63, 3.8) is 0 Å². The topological polar surface area (TPSA) is 79.1 Å². The summed E-state index contributed by atoms with van der Waals surface area (Å²) in [4.78, 5) is 29.6. The average molecular weight is 513 g/mol. The number of oxime groups is 1. The summed E-state index contributed by atoms with van der Waals surface area (Å²) < 4.78 is 13.8. The first-order valence-corrected chi connectivity index (χ1v) is 13.0. The molecule has 0 spiro atoms. The van der Waals surface area contributed by atoms with Gasteiger partial charge in [0.15, 0.2) is 5.78 Å². The summed E-state index contributed by atoms with van der Waals surface area (Å²) in [6.45, 7) is 9.27. The molecule has 2 heterocycles. The van der Waals surface area contributed by atoms with Crippen LogP contribution in [0.1, 0.15) is 60.7 Å². The number of hydrogen-bond acceptors (Lipinski definition) is 6. The molecule has 1 atom stereocenters. The second-order valence-corrected chi connectivity index (χ2v) is 9.72. The largest absolute Gasteiger partial charge is 0.491 e. The van der Waals surface area contributed by atoms with Gasteiger partial charge in [-0.25, -0.2) is 4.79 Å². The van der Waals surface area contributed by atoms with Gasteiger partial charge in [-0.2, -0.15) is 0 Å². The van der Waals surface area contributed by atoms with Gasteiger partial charge in [0.2, 0.25) is 0 Å². The number of fused-ring (bicyclic) bond motifs is 3. The van der Waals surface area contributed by atoms with Crippen molar-refractivity contribution in [2.45, 2.75) is 53.2 Å². The van der Waals surface area contributed by atoms with Gasteiger partial charge in [0.1, 0.15) is 12.4 Å². The summed E-state index contributed by atoms with van der Waals surface area (Å²) in [7, 11) is 0. The highest BCUT2D eigenvalue weighted by atomic mass is 16.7. The predicted octanol–water partition coefficient (Wildman–Crippen LogP) is 6.20. The van der Waals surface area contributed by atoms with Gasteiger partial charge in [0.25, 0.3) is 0 Å². The van der Waals surface area contributed by atoms with Crippen molar-refractivity contribution in [2.24, 2.45) is 5.16 Å². The lowest BCUT2D eigenvalue weighted by molar-refractivity contribution is -0.140. The SMILES string of the molecule is CCn1c2ccc(C(=O)c3ccc(OCC4CCCO4)cc3C)cc2c2cc(/C(C)=N\OC(C)=O)ccc21. The highest BCUT2D eigenvalue weighted by Gasteiger charge is 2.19. The molecule has 7 heteroatoms. The van der Waals surface area contributed by atoms with Crippen molar-refractivity contribution < 1.29 is 23.9 Å². The molecule has 3 aromatic carbocycles. The van der Waals surface area contributed by atoms with Gasteiger partial charge in [-0.1, -0.05) is 11.2 Å². The van der Waals surface area contributed by atoms with E-state index in [9.17, 15) is 9.59 Å². The van der Waals surface area contributed by atoms with E-state index >= 15 is 0 Å². The number of carbonyl (C=O) groups excluding carboxylic acids is 2. The minimum atomic E-state index is -0.464. The van der Waals surface area contributed by atoms with Crippen molar-refractivity contribution >= 4 is 39.3 Å². The zero-order valence-electron chi connectivity index (χ0n) is 22.2. The molecule has 0 aliphatic carbocycles. The molecule has 0 saturated carbocycles. The third kappa shape index (κ3) is 5.07. The van der Waals surface area contributed by atoms with Crippen molar-refractivity contribution in [3.8, 4) is 5.75 Å². The molecule has 196 valence electrons. The maximum absolute atomic E-state index is 13.6. The summed E-state index contributed by atoms with van der Waals surface area (Å²) in [5.41, 5.74) is 5.72. The number of carbonyl (C=O) groups is 2. The monoisotopic (exact) mass is 512 g/mol. The van der Waals surface area contributed by atoms with Crippen molar-refractivity contribution in [1.29, 1.82) is 0 Å². The summed E-state index contributed by atoms with van der Waals surface area (Å²) >= 11 is 0. The zero-order chi connectivity index (χ0) is 26.8. The first-order valence-electron chi connectivity index (χ1n) is 13.0. The average Bonchev–Trinajstić information content (AvgIpc) is 3.55. The fourth-order valence-electron chi connectivity index (χ4n) is 5.10. The Bertz CT molecular complexity index is 1560. The van der Waals surface area contributed by atoms with E-state index in [1.807, 2.05) is 61.5 Å². The number of nitrogens with zero attached hydrogens (tertiary/aromatic N) is 2. The second kappa shape index (κ2) is 10.8. The van der Waals surface area contributed by atoms with Crippen LogP contribution in [-0.4, -0.2) is 41.3 Å². The third-order valence-electron chi connectivity index (χ3n) is 7.07. The van der Waals surface area contributed by atoms with Gasteiger partial charge in [0, 0.05) is 53.0 Å². The number of ketones is 1. The van der Waals surface area contributed by atoms with Crippen LogP contribution in [0.3, 0.4) is 0 Å². The maximum atomic E-state index is 13.6. The van der Waals surface area contributed by atoms with Gasteiger partial charge >= 0.3 is 5.97 Å². The van der Waals surface area contributed by atoms with E-state index < -0.39 is 5.97 Å². The second-order valence-electron chi connectivity index (χ2n) is 9.72. The van der Waals surface area contributed by atoms with Crippen LogP contribution in [0.5, 0.6) is 5.75 Å². The van der Waals surface area contributed by atoms with Crippen LogP contribution in [0.2, 0.25) is 0 Å². The van der Waals surface area contributed by atoms with Gasteiger partial charge < -0.3 is 18.9 Å². The van der Waals surface area contributed by atoms with Crippen LogP contribution in [-0.2, 0) is 20.9 Å². The number of ether oxygens (including phenoxy) is 2. The summed E-state index contributed by atoms with van der Waals surface area (Å²) in [6.07, 6.45) is 2.24. The maximum Gasteiger partial charge on any atom is 0.331 e. The van der Waals surface area contributed by atoms with E-state index in [0.717, 1.165) is 64.7 Å². The van der Waals surface area contributed by atoms with E-state index in [2.05, 4.69) is 16.6 Å². The molecule has 1 saturated heterocycles. The van der Waals surface area contributed by atoms with Crippen molar-refractivity contribution in [3.05, 3.63) is 76.9 Å². The van der Waals surface area contributed by atoms with Gasteiger partial charge in [0.05, 0.1) is 11.8 Å². The molecule has 0 N–H and O–H groups in total. The third-order valence-corrected chi connectivity index (χ3v) is 7.07. The van der Waals surface area contributed by atoms with E-state index in [0.29, 0.717) is 23.4 Å². The summed E-state index contributed by atoms with van der Waals surface area (Å²) in [6, 6.07) is 17.5. The number of hydrogen-bond donors (Lipinski definition) is 0. The van der Waals surface area contributed by atoms with Gasteiger partial charge in [-0.15, -0.1) is 0 Å². The fourth-order valence-corrected chi connectivity index (χ4v) is 5.10. The first-order chi connectivity index (χ1) is 18.4. The zero-order valence-corrected chi connectivity index (χ0v) is 22.2. The van der Waals surface area contributed by atoms with E-state index in [1.165, 1.54) is 6.92 Å². The lowest BCUT2D eigenvalue weighted by Crippen LogP contribution is -2.16. The summed E-state index contributed by atoms with van der Waals surface area (Å²) in [5, 5.41) is 5.94. The lowest BCUT2D eigenvalue weighted by atomic mass is 9.97. The predicted molar refractivity (Wildman–Crippen MR) is 148 cm³/mol. The molecule has 1 aliphatic rings. The highest BCUT2D eigenvalue weighted by molar-refractivity contribution is 6.16. The van der Waals surface area contributed by atoms with Crippen LogP contribution in [0.15, 0.2) is 59.8 Å². The number of benzene rings is 3. The molecule has 1 aromatic heterocycles. The number of rotatable bonds is 8.